The van der Waals surface area contributed by atoms with Crippen LogP contribution in [0.25, 0.3) is 0 Å². The van der Waals surface area contributed by atoms with E-state index in [1.54, 1.807) is 107 Å². The molecule has 418 valence electrons. The number of rotatable bonds is 17. The minimum atomic E-state index is -3.53. The minimum absolute atomic E-state index is 0.00273. The van der Waals surface area contributed by atoms with Crippen LogP contribution in [0.1, 0.15) is 105 Å². The number of nitrogens with one attached hydrogen (secondary N) is 1. The number of aliphatic hydroxyl groups is 2. The number of hydrogen-bond acceptors (Lipinski definition) is 17. The van der Waals surface area contributed by atoms with E-state index >= 15 is 4.79 Å². The maximum absolute atomic E-state index is 16.6. The first-order chi connectivity index (χ1) is 37.6. The Morgan fingerprint density at radius 1 is 0.797 bits per heavy atom. The lowest BCUT2D eigenvalue weighted by Crippen LogP contribution is -2.81. The van der Waals surface area contributed by atoms with Gasteiger partial charge in [-0.3, -0.25) is 19.2 Å². The second-order valence-corrected chi connectivity index (χ2v) is 25.4. The fourth-order valence-electron chi connectivity index (χ4n) is 12.8. The van der Waals surface area contributed by atoms with Gasteiger partial charge in [-0.25, -0.2) is 14.4 Å². The Morgan fingerprint density at radius 2 is 1.39 bits per heavy atom. The number of ketones is 1. The summed E-state index contributed by atoms with van der Waals surface area (Å²) in [5.41, 5.74) is -6.64. The predicted molar refractivity (Wildman–Crippen MR) is 283 cm³/mol. The van der Waals surface area contributed by atoms with E-state index in [1.807, 2.05) is 30.3 Å². The van der Waals surface area contributed by atoms with E-state index in [0.29, 0.717) is 30.5 Å². The smallest absolute Gasteiger partial charge is 0.338 e. The van der Waals surface area contributed by atoms with Gasteiger partial charge in [-0.2, -0.15) is 0 Å². The topological polar surface area (TPSA) is 246 Å². The molecular formula is C60H67NO17Si. The van der Waals surface area contributed by atoms with Crippen LogP contribution < -0.4 is 5.32 Å². The Labute approximate surface area is 459 Å². The SMILES string of the molecule is CC(=O)O/C1=C2\C(C)C(OC(=O)C(O)C(NC(=O)c3ccccc3)c3ccccc3)CC(O)(C(OC(=O)c3ccccc3)C3C4(OC(C)=O)COC4CC(O[Si]4(OCC(=O)OCc5ccccc5)CCCC4)C3(C)C1=O)C2(C)C. The maximum atomic E-state index is 16.6. The first kappa shape index (κ1) is 56.8. The molecule has 11 atom stereocenters. The molecule has 3 N–H and O–H groups in total. The second-order valence-electron chi connectivity index (χ2n) is 22.1. The van der Waals surface area contributed by atoms with E-state index in [1.165, 1.54) is 19.1 Å². The standard InChI is InChI=1S/C60H67NO17Si/c1-36-43(75-56(69)49(65)48(40-23-13-8-14-24-40)61-54(67)41-25-15-9-16-26-41)32-60(70)53(76-55(68)42-27-17-10-18-28-42)51-58(6,52(66)50(74-37(2)62)47(36)57(60,4)5)44(31-45-59(51,35-72-45)77-38(3)63)78-79(29-19-20-30-79)73-34-46(64)71-33-39-21-11-7-12-22-39/h7-18,21-28,36,43-45,48-49,51,53,65,70H,19-20,29-35H2,1-6H3,(H,61,67)/b50-47+. The highest BCUT2D eigenvalue weighted by atomic mass is 28.4. The molecule has 2 saturated carbocycles. The van der Waals surface area contributed by atoms with Gasteiger partial charge >= 0.3 is 38.4 Å². The minimum Gasteiger partial charge on any atom is -0.460 e. The fourth-order valence-corrected chi connectivity index (χ4v) is 16.4. The summed E-state index contributed by atoms with van der Waals surface area (Å²) in [6.07, 6.45) is -7.05. The van der Waals surface area contributed by atoms with Crippen LogP contribution in [0.15, 0.2) is 133 Å². The molecule has 4 aromatic rings. The van der Waals surface area contributed by atoms with E-state index in [-0.39, 0.29) is 36.3 Å². The summed E-state index contributed by atoms with van der Waals surface area (Å²) in [5.74, 6) is -9.16. The predicted octanol–water partition coefficient (Wildman–Crippen LogP) is 6.96. The van der Waals surface area contributed by atoms with E-state index in [9.17, 15) is 39.0 Å². The first-order valence-corrected chi connectivity index (χ1v) is 29.0. The van der Waals surface area contributed by atoms with Crippen molar-refractivity contribution in [3.05, 3.63) is 155 Å². The molecule has 2 bridgehead atoms. The van der Waals surface area contributed by atoms with Crippen molar-refractivity contribution in [2.45, 2.75) is 134 Å². The summed E-state index contributed by atoms with van der Waals surface area (Å²) in [6, 6.07) is 33.0. The zero-order valence-corrected chi connectivity index (χ0v) is 46.0. The molecule has 2 heterocycles. The van der Waals surface area contributed by atoms with E-state index in [2.05, 4.69) is 5.32 Å². The van der Waals surface area contributed by atoms with Gasteiger partial charge in [-0.05, 0) is 60.0 Å². The third-order valence-corrected chi connectivity index (χ3v) is 20.5. The van der Waals surface area contributed by atoms with Crippen LogP contribution in [0.5, 0.6) is 0 Å². The third-order valence-electron chi connectivity index (χ3n) is 16.9. The van der Waals surface area contributed by atoms with E-state index < -0.39 is 139 Å². The van der Waals surface area contributed by atoms with Crippen molar-refractivity contribution in [1.82, 2.24) is 5.32 Å². The number of ether oxygens (including phenoxy) is 6. The van der Waals surface area contributed by atoms with Crippen molar-refractivity contribution in [3.63, 3.8) is 0 Å². The number of benzene rings is 4. The summed E-state index contributed by atoms with van der Waals surface area (Å²) >= 11 is 0. The number of amides is 1. The van der Waals surface area contributed by atoms with Crippen LogP contribution in [0.3, 0.4) is 0 Å². The average Bonchev–Trinajstić information content (AvgIpc) is 2.14. The molecule has 18 nitrogen and oxygen atoms in total. The molecule has 79 heavy (non-hydrogen) atoms. The molecule has 0 aromatic heterocycles. The normalized spacial score (nSPS) is 30.0. The van der Waals surface area contributed by atoms with Gasteiger partial charge < -0.3 is 52.8 Å². The molecule has 3 aliphatic carbocycles. The quantitative estimate of drug-likeness (QED) is 0.0549. The highest BCUT2D eigenvalue weighted by Gasteiger charge is 2.79. The van der Waals surface area contributed by atoms with Gasteiger partial charge in [-0.15, -0.1) is 0 Å². The maximum Gasteiger partial charge on any atom is 0.338 e. The zero-order valence-electron chi connectivity index (χ0n) is 45.0. The monoisotopic (exact) mass is 1100 g/mol. The van der Waals surface area contributed by atoms with Gasteiger partial charge in [0.2, 0.25) is 5.78 Å². The molecule has 5 aliphatic rings. The number of carbonyl (C=O) groups excluding carboxylic acids is 7. The van der Waals surface area contributed by atoms with Crippen molar-refractivity contribution >= 4 is 50.1 Å². The molecule has 11 unspecified atom stereocenters. The molecule has 0 radical (unpaired) electrons. The van der Waals surface area contributed by atoms with Gasteiger partial charge in [-0.1, -0.05) is 131 Å². The molecule has 4 fully saturated rings. The highest BCUT2D eigenvalue weighted by molar-refractivity contribution is 6.68. The number of hydrogen-bond donors (Lipinski definition) is 3. The molecule has 0 spiro atoms. The fraction of sp³-hybridized carbons (Fsp3) is 0.450. The summed E-state index contributed by atoms with van der Waals surface area (Å²) in [4.78, 5) is 100. The van der Waals surface area contributed by atoms with Crippen LogP contribution in [-0.4, -0.2) is 115 Å². The van der Waals surface area contributed by atoms with Gasteiger partial charge in [0.05, 0.1) is 35.6 Å². The molecule has 1 amide bonds. The lowest BCUT2D eigenvalue weighted by Gasteiger charge is -2.67. The zero-order chi connectivity index (χ0) is 56.5. The van der Waals surface area contributed by atoms with Crippen LogP contribution in [-0.2, 0) is 67.9 Å². The van der Waals surface area contributed by atoms with Crippen molar-refractivity contribution in [2.24, 2.45) is 22.7 Å². The Bertz CT molecular complexity index is 2970. The Hall–Kier alpha value is -6.87. The van der Waals surface area contributed by atoms with Crippen LogP contribution in [0.4, 0.5) is 0 Å². The average molecular weight is 1100 g/mol. The highest BCUT2D eigenvalue weighted by Crippen LogP contribution is 2.66. The van der Waals surface area contributed by atoms with Crippen LogP contribution >= 0.6 is 0 Å². The van der Waals surface area contributed by atoms with Crippen molar-refractivity contribution < 1.29 is 81.0 Å². The molecular weight excluding hydrogens is 1030 g/mol. The first-order valence-electron chi connectivity index (χ1n) is 26.7. The second kappa shape index (κ2) is 22.7. The number of Topliss-reactive ketones (excluding diaryl/α,β-unsaturated/α-hetero) is 1. The summed E-state index contributed by atoms with van der Waals surface area (Å²) in [6.45, 7) is 7.83. The van der Waals surface area contributed by atoms with Crippen LogP contribution in [0, 0.1) is 22.7 Å². The van der Waals surface area contributed by atoms with Gasteiger partial charge in [0.1, 0.15) is 37.1 Å². The Balaban J connectivity index is 1.17. The number of esters is 5. The largest absolute Gasteiger partial charge is 0.460 e. The third kappa shape index (κ3) is 10.8. The number of fused-ring (bicyclic) bond motifs is 5. The molecule has 19 heteroatoms. The molecule has 9 rings (SSSR count). The lowest BCUT2D eigenvalue weighted by atomic mass is 9.45. The van der Waals surface area contributed by atoms with Crippen molar-refractivity contribution in [2.75, 3.05) is 13.2 Å². The molecule has 2 aliphatic heterocycles. The molecule has 2 saturated heterocycles. The van der Waals surface area contributed by atoms with E-state index in [0.717, 1.165) is 12.5 Å². The van der Waals surface area contributed by atoms with Gasteiger partial charge in [0.25, 0.3) is 5.91 Å². The van der Waals surface area contributed by atoms with E-state index in [4.69, 9.17) is 37.3 Å². The summed E-state index contributed by atoms with van der Waals surface area (Å²) < 4.78 is 51.2. The summed E-state index contributed by atoms with van der Waals surface area (Å²) in [5, 5.41) is 29.1. The number of allylic oxidation sites excluding steroid dienone is 1. The van der Waals surface area contributed by atoms with Crippen LogP contribution in [0.2, 0.25) is 12.1 Å². The van der Waals surface area contributed by atoms with Crippen molar-refractivity contribution in [1.29, 1.82) is 0 Å². The molecule has 4 aromatic carbocycles. The lowest BCUT2D eigenvalue weighted by molar-refractivity contribution is -0.344. The Kier molecular flexibility index (Phi) is 16.3. The number of aliphatic hydroxyl groups excluding tert-OH is 1. The van der Waals surface area contributed by atoms with Crippen molar-refractivity contribution in [3.8, 4) is 0 Å². The number of carbonyl (C=O) groups is 7. The van der Waals surface area contributed by atoms with Gasteiger partial charge in [0.15, 0.2) is 17.5 Å². The summed E-state index contributed by atoms with van der Waals surface area (Å²) in [7, 11) is -3.53. The Morgan fingerprint density at radius 3 is 1.97 bits per heavy atom. The van der Waals surface area contributed by atoms with Gasteiger partial charge in [0, 0.05) is 43.6 Å².